The van der Waals surface area contributed by atoms with Crippen LogP contribution in [0.15, 0.2) is 0 Å². The summed E-state index contributed by atoms with van der Waals surface area (Å²) in [5.74, 6) is 0. The average Bonchev–Trinajstić information content (AvgIpc) is 1.89. The molecule has 2 nitrogen and oxygen atoms in total. The van der Waals surface area contributed by atoms with E-state index in [9.17, 15) is 0 Å². The Bertz CT molecular complexity index is 56.9. The van der Waals surface area contributed by atoms with Crippen LogP contribution in [0, 0.1) is 0 Å². The third kappa shape index (κ3) is 5.80. The summed E-state index contributed by atoms with van der Waals surface area (Å²) in [6.45, 7) is 6.12. The number of hydrogen-bond acceptors (Lipinski definition) is 2. The van der Waals surface area contributed by atoms with Gasteiger partial charge in [-0.3, -0.25) is 0 Å². The maximum Gasteiger partial charge on any atom is 0.0587 e. The van der Waals surface area contributed by atoms with Gasteiger partial charge >= 0.3 is 0 Å². The van der Waals surface area contributed by atoms with E-state index in [0.29, 0.717) is 6.04 Å². The lowest BCUT2D eigenvalue weighted by Crippen LogP contribution is -2.28. The van der Waals surface area contributed by atoms with Gasteiger partial charge in [0, 0.05) is 19.7 Å². The van der Waals surface area contributed by atoms with Crippen molar-refractivity contribution in [3.63, 3.8) is 0 Å². The first-order valence-electron chi connectivity index (χ1n) is 3.53. The van der Waals surface area contributed by atoms with E-state index in [1.165, 1.54) is 6.42 Å². The minimum atomic E-state index is 0.625. The van der Waals surface area contributed by atoms with E-state index in [0.717, 1.165) is 13.2 Å². The van der Waals surface area contributed by atoms with Crippen molar-refractivity contribution in [3.8, 4) is 0 Å². The van der Waals surface area contributed by atoms with Gasteiger partial charge in [-0.05, 0) is 13.3 Å². The zero-order valence-electron chi connectivity index (χ0n) is 6.61. The van der Waals surface area contributed by atoms with Gasteiger partial charge in [-0.2, -0.15) is 0 Å². The number of methoxy groups -OCH3 is 1. The molecule has 2 heteroatoms. The van der Waals surface area contributed by atoms with Gasteiger partial charge in [0.05, 0.1) is 6.61 Å². The molecule has 0 bridgehead atoms. The Kier molecular flexibility index (Phi) is 5.99. The van der Waals surface area contributed by atoms with Crippen LogP contribution >= 0.6 is 0 Å². The minimum absolute atomic E-state index is 0.625. The number of ether oxygens (including phenoxy) is 1. The van der Waals surface area contributed by atoms with Crippen LogP contribution in [0.25, 0.3) is 0 Å². The van der Waals surface area contributed by atoms with Crippen LogP contribution in [0.1, 0.15) is 20.3 Å². The summed E-state index contributed by atoms with van der Waals surface area (Å²) in [6.07, 6.45) is 1.18. The van der Waals surface area contributed by atoms with Crippen molar-refractivity contribution >= 4 is 0 Å². The standard InChI is InChI=1S/C7H17NO/c1-4-7(2)8-5-6-9-3/h7-8H,4-6H2,1-3H3/t7-/m0/s1. The van der Waals surface area contributed by atoms with Gasteiger partial charge in [0.25, 0.3) is 0 Å². The van der Waals surface area contributed by atoms with Crippen molar-refractivity contribution in [3.05, 3.63) is 0 Å². The Hall–Kier alpha value is -0.0800. The van der Waals surface area contributed by atoms with Crippen molar-refractivity contribution in [1.82, 2.24) is 5.32 Å². The quantitative estimate of drug-likeness (QED) is 0.562. The normalized spacial score (nSPS) is 13.7. The first-order valence-corrected chi connectivity index (χ1v) is 3.53. The van der Waals surface area contributed by atoms with Crippen LogP contribution < -0.4 is 5.32 Å². The van der Waals surface area contributed by atoms with E-state index in [-0.39, 0.29) is 0 Å². The summed E-state index contributed by atoms with van der Waals surface area (Å²) < 4.78 is 4.87. The molecule has 0 spiro atoms. The number of rotatable bonds is 5. The molecule has 9 heavy (non-hydrogen) atoms. The second-order valence-corrected chi connectivity index (χ2v) is 2.26. The van der Waals surface area contributed by atoms with Gasteiger partial charge in [0.2, 0.25) is 0 Å². The summed E-state index contributed by atoms with van der Waals surface area (Å²) in [7, 11) is 1.72. The van der Waals surface area contributed by atoms with Crippen molar-refractivity contribution < 1.29 is 4.74 Å². The fourth-order valence-electron chi connectivity index (χ4n) is 0.552. The molecule has 0 heterocycles. The average molecular weight is 131 g/mol. The molecule has 0 fully saturated rings. The molecule has 0 aromatic carbocycles. The summed E-state index contributed by atoms with van der Waals surface area (Å²) in [6, 6.07) is 0.625. The number of hydrogen-bond donors (Lipinski definition) is 1. The molecule has 0 unspecified atom stereocenters. The van der Waals surface area contributed by atoms with E-state index in [4.69, 9.17) is 4.74 Å². The van der Waals surface area contributed by atoms with Gasteiger partial charge in [-0.15, -0.1) is 0 Å². The first kappa shape index (κ1) is 8.92. The second kappa shape index (κ2) is 6.05. The summed E-state index contributed by atoms with van der Waals surface area (Å²) in [5, 5.41) is 3.31. The third-order valence-corrected chi connectivity index (χ3v) is 1.41. The lowest BCUT2D eigenvalue weighted by molar-refractivity contribution is 0.196. The smallest absolute Gasteiger partial charge is 0.0587 e. The SMILES string of the molecule is CC[C@H](C)NCCOC. The Labute approximate surface area is 57.6 Å². The van der Waals surface area contributed by atoms with Crippen LogP contribution in [0.4, 0.5) is 0 Å². The van der Waals surface area contributed by atoms with Gasteiger partial charge in [0.15, 0.2) is 0 Å². The molecule has 0 aliphatic rings. The molecule has 0 aliphatic carbocycles. The topological polar surface area (TPSA) is 21.3 Å². The van der Waals surface area contributed by atoms with Crippen LogP contribution in [0.5, 0.6) is 0 Å². The van der Waals surface area contributed by atoms with E-state index >= 15 is 0 Å². The highest BCUT2D eigenvalue weighted by Crippen LogP contribution is 1.85. The van der Waals surface area contributed by atoms with Crippen LogP contribution in [-0.2, 0) is 4.74 Å². The predicted octanol–water partition coefficient (Wildman–Crippen LogP) is 1.02. The predicted molar refractivity (Wildman–Crippen MR) is 39.6 cm³/mol. The molecule has 0 amide bonds. The van der Waals surface area contributed by atoms with Crippen molar-refractivity contribution in [2.75, 3.05) is 20.3 Å². The highest BCUT2D eigenvalue weighted by Gasteiger charge is 1.93. The van der Waals surface area contributed by atoms with Crippen molar-refractivity contribution in [2.24, 2.45) is 0 Å². The Balaban J connectivity index is 2.88. The Morgan fingerprint density at radius 3 is 2.67 bits per heavy atom. The zero-order chi connectivity index (χ0) is 7.11. The highest BCUT2D eigenvalue weighted by molar-refractivity contribution is 4.55. The molecule has 0 saturated heterocycles. The molecule has 0 aromatic heterocycles. The van der Waals surface area contributed by atoms with E-state index < -0.39 is 0 Å². The highest BCUT2D eigenvalue weighted by atomic mass is 16.5. The van der Waals surface area contributed by atoms with Crippen LogP contribution in [-0.4, -0.2) is 26.3 Å². The molecule has 0 aromatic rings. The zero-order valence-corrected chi connectivity index (χ0v) is 6.61. The molecule has 0 radical (unpaired) electrons. The van der Waals surface area contributed by atoms with Gasteiger partial charge < -0.3 is 10.1 Å². The molecular weight excluding hydrogens is 114 g/mol. The minimum Gasteiger partial charge on any atom is -0.383 e. The second-order valence-electron chi connectivity index (χ2n) is 2.26. The third-order valence-electron chi connectivity index (χ3n) is 1.41. The summed E-state index contributed by atoms with van der Waals surface area (Å²) >= 11 is 0. The molecular formula is C7H17NO. The fourth-order valence-corrected chi connectivity index (χ4v) is 0.552. The van der Waals surface area contributed by atoms with Gasteiger partial charge in [-0.1, -0.05) is 6.92 Å². The Morgan fingerprint density at radius 1 is 1.56 bits per heavy atom. The van der Waals surface area contributed by atoms with E-state index in [1.807, 2.05) is 0 Å². The van der Waals surface area contributed by atoms with Crippen molar-refractivity contribution in [1.29, 1.82) is 0 Å². The molecule has 0 rings (SSSR count). The lowest BCUT2D eigenvalue weighted by Gasteiger charge is -2.09. The monoisotopic (exact) mass is 131 g/mol. The molecule has 0 saturated carbocycles. The molecule has 0 aliphatic heterocycles. The van der Waals surface area contributed by atoms with Crippen LogP contribution in [0.3, 0.4) is 0 Å². The molecule has 56 valence electrons. The van der Waals surface area contributed by atoms with Crippen molar-refractivity contribution in [2.45, 2.75) is 26.3 Å². The molecule has 1 atom stereocenters. The fraction of sp³-hybridized carbons (Fsp3) is 1.00. The van der Waals surface area contributed by atoms with Crippen LogP contribution in [0.2, 0.25) is 0 Å². The van der Waals surface area contributed by atoms with E-state index in [2.05, 4.69) is 19.2 Å². The Morgan fingerprint density at radius 2 is 2.22 bits per heavy atom. The lowest BCUT2D eigenvalue weighted by atomic mass is 10.3. The first-order chi connectivity index (χ1) is 4.31. The maximum absolute atomic E-state index is 4.87. The summed E-state index contributed by atoms with van der Waals surface area (Å²) in [5.41, 5.74) is 0. The molecule has 1 N–H and O–H groups in total. The van der Waals surface area contributed by atoms with Gasteiger partial charge in [-0.25, -0.2) is 0 Å². The largest absolute Gasteiger partial charge is 0.383 e. The maximum atomic E-state index is 4.87. The van der Waals surface area contributed by atoms with E-state index in [1.54, 1.807) is 7.11 Å². The van der Waals surface area contributed by atoms with Gasteiger partial charge in [0.1, 0.15) is 0 Å². The summed E-state index contributed by atoms with van der Waals surface area (Å²) in [4.78, 5) is 0. The number of nitrogens with one attached hydrogen (secondary N) is 1.